The van der Waals surface area contributed by atoms with E-state index in [0.717, 1.165) is 11.1 Å². The maximum absolute atomic E-state index is 11.3. The Kier molecular flexibility index (Phi) is 3.46. The molecule has 78 valence electrons. The third-order valence-corrected chi connectivity index (χ3v) is 2.14. The first-order valence-electron chi connectivity index (χ1n) is 4.64. The van der Waals surface area contributed by atoms with Crippen LogP contribution in [0.15, 0.2) is 18.2 Å². The fourth-order valence-electron chi connectivity index (χ4n) is 1.56. The van der Waals surface area contributed by atoms with Crippen LogP contribution in [0.5, 0.6) is 0 Å². The van der Waals surface area contributed by atoms with Gasteiger partial charge in [-0.05, 0) is 19.4 Å². The van der Waals surface area contributed by atoms with E-state index in [4.69, 9.17) is 5.26 Å². The molecule has 0 amide bonds. The van der Waals surface area contributed by atoms with Crippen LogP contribution >= 0.6 is 0 Å². The first-order chi connectivity index (χ1) is 7.08. The average molecular weight is 203 g/mol. The molecular weight excluding hydrogens is 190 g/mol. The van der Waals surface area contributed by atoms with Gasteiger partial charge in [0.25, 0.3) is 0 Å². The highest BCUT2D eigenvalue weighted by Gasteiger charge is 2.20. The lowest BCUT2D eigenvalue weighted by Crippen LogP contribution is -2.12. The number of benzene rings is 1. The van der Waals surface area contributed by atoms with Crippen LogP contribution < -0.4 is 0 Å². The zero-order chi connectivity index (χ0) is 11.4. The smallest absolute Gasteiger partial charge is 0.327 e. The van der Waals surface area contributed by atoms with Crippen LogP contribution in [0.1, 0.15) is 22.6 Å². The number of ether oxygens (including phenoxy) is 1. The highest BCUT2D eigenvalue weighted by atomic mass is 16.5. The third-order valence-electron chi connectivity index (χ3n) is 2.14. The molecule has 0 spiro atoms. The van der Waals surface area contributed by atoms with Crippen molar-refractivity contribution in [1.82, 2.24) is 0 Å². The second-order valence-corrected chi connectivity index (χ2v) is 3.51. The first kappa shape index (κ1) is 11.3. The van der Waals surface area contributed by atoms with Gasteiger partial charge in [-0.1, -0.05) is 29.3 Å². The fourth-order valence-corrected chi connectivity index (χ4v) is 1.56. The fraction of sp³-hybridized carbons (Fsp3) is 0.333. The van der Waals surface area contributed by atoms with Crippen molar-refractivity contribution in [2.75, 3.05) is 7.11 Å². The molecule has 0 saturated heterocycles. The first-order valence-corrected chi connectivity index (χ1v) is 4.64. The quantitative estimate of drug-likeness (QED) is 0.691. The van der Waals surface area contributed by atoms with E-state index in [1.807, 2.05) is 38.1 Å². The van der Waals surface area contributed by atoms with Crippen LogP contribution in [-0.4, -0.2) is 13.1 Å². The Balaban J connectivity index is 3.14. The lowest BCUT2D eigenvalue weighted by molar-refractivity contribution is -0.140. The molecule has 0 N–H and O–H groups in total. The number of methoxy groups -OCH3 is 1. The molecule has 3 heteroatoms. The van der Waals surface area contributed by atoms with E-state index in [9.17, 15) is 4.79 Å². The van der Waals surface area contributed by atoms with E-state index in [1.54, 1.807) is 0 Å². The average Bonchev–Trinajstić information content (AvgIpc) is 2.17. The van der Waals surface area contributed by atoms with Crippen LogP contribution in [0.4, 0.5) is 0 Å². The standard InChI is InChI=1S/C12H13NO2/c1-8-4-9(2)6-10(5-8)11(7-13)12(14)15-3/h4-6,11H,1-3H3. The van der Waals surface area contributed by atoms with E-state index in [2.05, 4.69) is 4.74 Å². The van der Waals surface area contributed by atoms with Gasteiger partial charge in [-0.3, -0.25) is 4.79 Å². The lowest BCUT2D eigenvalue weighted by atomic mass is 9.97. The van der Waals surface area contributed by atoms with E-state index in [-0.39, 0.29) is 0 Å². The van der Waals surface area contributed by atoms with Crippen molar-refractivity contribution in [2.24, 2.45) is 0 Å². The van der Waals surface area contributed by atoms with Crippen molar-refractivity contribution in [2.45, 2.75) is 19.8 Å². The Morgan fingerprint density at radius 3 is 2.27 bits per heavy atom. The van der Waals surface area contributed by atoms with Crippen LogP contribution in [0.3, 0.4) is 0 Å². The molecule has 1 rings (SSSR count). The minimum absolute atomic E-state index is 0.512. The van der Waals surface area contributed by atoms with Crippen molar-refractivity contribution >= 4 is 5.97 Å². The summed E-state index contributed by atoms with van der Waals surface area (Å²) in [5.74, 6) is -1.34. The maximum Gasteiger partial charge on any atom is 0.327 e. The molecule has 0 saturated carbocycles. The predicted octanol–water partition coefficient (Wildman–Crippen LogP) is 2.08. The van der Waals surface area contributed by atoms with Gasteiger partial charge in [-0.2, -0.15) is 5.26 Å². The molecule has 0 aliphatic rings. The molecule has 1 aromatic rings. The van der Waals surface area contributed by atoms with Crippen molar-refractivity contribution in [3.8, 4) is 6.07 Å². The molecule has 1 aromatic carbocycles. The van der Waals surface area contributed by atoms with Crippen LogP contribution in [0, 0.1) is 25.2 Å². The monoisotopic (exact) mass is 203 g/mol. The zero-order valence-electron chi connectivity index (χ0n) is 9.07. The minimum atomic E-state index is -0.825. The molecule has 1 atom stereocenters. The predicted molar refractivity (Wildman–Crippen MR) is 56.3 cm³/mol. The summed E-state index contributed by atoms with van der Waals surface area (Å²) < 4.78 is 4.58. The molecule has 3 nitrogen and oxygen atoms in total. The number of nitrogens with zero attached hydrogens (tertiary/aromatic N) is 1. The third kappa shape index (κ3) is 2.57. The summed E-state index contributed by atoms with van der Waals surface area (Å²) in [4.78, 5) is 11.3. The number of hydrogen-bond donors (Lipinski definition) is 0. The summed E-state index contributed by atoms with van der Waals surface area (Å²) in [6, 6.07) is 7.61. The van der Waals surface area contributed by atoms with Crippen molar-refractivity contribution in [1.29, 1.82) is 5.26 Å². The summed E-state index contributed by atoms with van der Waals surface area (Å²) in [6.45, 7) is 3.87. The molecule has 0 heterocycles. The second kappa shape index (κ2) is 4.61. The highest BCUT2D eigenvalue weighted by Crippen LogP contribution is 2.19. The van der Waals surface area contributed by atoms with Crippen LogP contribution in [-0.2, 0) is 9.53 Å². The zero-order valence-corrected chi connectivity index (χ0v) is 9.07. The number of rotatable bonds is 2. The second-order valence-electron chi connectivity index (χ2n) is 3.51. The van der Waals surface area contributed by atoms with E-state index in [0.29, 0.717) is 5.56 Å². The van der Waals surface area contributed by atoms with Gasteiger partial charge in [0.05, 0.1) is 13.2 Å². The number of hydrogen-bond acceptors (Lipinski definition) is 3. The maximum atomic E-state index is 11.3. The molecule has 0 radical (unpaired) electrons. The van der Waals surface area contributed by atoms with Crippen molar-refractivity contribution in [3.63, 3.8) is 0 Å². The van der Waals surface area contributed by atoms with Crippen LogP contribution in [0.2, 0.25) is 0 Å². The van der Waals surface area contributed by atoms with Crippen molar-refractivity contribution in [3.05, 3.63) is 34.9 Å². The highest BCUT2D eigenvalue weighted by molar-refractivity contribution is 5.81. The normalized spacial score (nSPS) is 11.6. The minimum Gasteiger partial charge on any atom is -0.468 e. The van der Waals surface area contributed by atoms with Gasteiger partial charge in [-0.25, -0.2) is 0 Å². The Bertz CT molecular complexity index is 398. The van der Waals surface area contributed by atoms with Gasteiger partial charge in [0.15, 0.2) is 5.92 Å². The van der Waals surface area contributed by atoms with Gasteiger partial charge < -0.3 is 4.74 Å². The van der Waals surface area contributed by atoms with Gasteiger partial charge >= 0.3 is 5.97 Å². The number of carbonyl (C=O) groups is 1. The number of aryl methyl sites for hydroxylation is 2. The van der Waals surface area contributed by atoms with E-state index >= 15 is 0 Å². The van der Waals surface area contributed by atoms with Crippen LogP contribution in [0.25, 0.3) is 0 Å². The molecule has 0 aliphatic carbocycles. The SMILES string of the molecule is COC(=O)C(C#N)c1cc(C)cc(C)c1. The molecular formula is C12H13NO2. The Labute approximate surface area is 89.3 Å². The molecule has 15 heavy (non-hydrogen) atoms. The number of nitriles is 1. The van der Waals surface area contributed by atoms with Gasteiger partial charge in [-0.15, -0.1) is 0 Å². The van der Waals surface area contributed by atoms with Gasteiger partial charge in [0, 0.05) is 0 Å². The van der Waals surface area contributed by atoms with E-state index in [1.165, 1.54) is 7.11 Å². The summed E-state index contributed by atoms with van der Waals surface area (Å²) in [5.41, 5.74) is 2.77. The van der Waals surface area contributed by atoms with Gasteiger partial charge in [0.2, 0.25) is 0 Å². The van der Waals surface area contributed by atoms with E-state index < -0.39 is 11.9 Å². The molecule has 0 aromatic heterocycles. The Morgan fingerprint density at radius 2 is 1.87 bits per heavy atom. The number of carbonyl (C=O) groups excluding carboxylic acids is 1. The lowest BCUT2D eigenvalue weighted by Gasteiger charge is -2.09. The topological polar surface area (TPSA) is 50.1 Å². The van der Waals surface area contributed by atoms with Crippen molar-refractivity contribution < 1.29 is 9.53 Å². The summed E-state index contributed by atoms with van der Waals surface area (Å²) in [7, 11) is 1.29. The molecule has 1 unspecified atom stereocenters. The summed E-state index contributed by atoms with van der Waals surface area (Å²) in [6.07, 6.45) is 0. The molecule has 0 aliphatic heterocycles. The summed E-state index contributed by atoms with van der Waals surface area (Å²) >= 11 is 0. The summed E-state index contributed by atoms with van der Waals surface area (Å²) in [5, 5.41) is 8.91. The molecule has 0 fully saturated rings. The Hall–Kier alpha value is -1.82. The Morgan fingerprint density at radius 1 is 1.33 bits per heavy atom. The van der Waals surface area contributed by atoms with Gasteiger partial charge in [0.1, 0.15) is 0 Å². The molecule has 0 bridgehead atoms. The number of esters is 1. The largest absolute Gasteiger partial charge is 0.468 e.